The zero-order valence-corrected chi connectivity index (χ0v) is 16.6. The molecule has 3 heterocycles. The van der Waals surface area contributed by atoms with E-state index < -0.39 is 6.10 Å². The third-order valence-corrected chi connectivity index (χ3v) is 5.07. The average molecular weight is 412 g/mol. The molecule has 1 fully saturated rings. The lowest BCUT2D eigenvalue weighted by molar-refractivity contribution is -0.121. The predicted molar refractivity (Wildman–Crippen MR) is 108 cm³/mol. The van der Waals surface area contributed by atoms with Gasteiger partial charge < -0.3 is 15.2 Å². The molecule has 0 radical (unpaired) electrons. The highest BCUT2D eigenvalue weighted by Gasteiger charge is 2.27. The number of H-pyrrole nitrogens is 1. The van der Waals surface area contributed by atoms with Crippen LogP contribution in [0.15, 0.2) is 41.5 Å². The summed E-state index contributed by atoms with van der Waals surface area (Å²) in [4.78, 5) is 35.0. The first kappa shape index (κ1) is 20.0. The second-order valence-corrected chi connectivity index (χ2v) is 7.48. The van der Waals surface area contributed by atoms with Crippen LogP contribution in [0.4, 0.5) is 0 Å². The maximum Gasteiger partial charge on any atom is 0.274 e. The van der Waals surface area contributed by atoms with Crippen molar-refractivity contribution in [2.45, 2.75) is 31.5 Å². The smallest absolute Gasteiger partial charge is 0.274 e. The Morgan fingerprint density at radius 3 is 3.07 bits per heavy atom. The lowest BCUT2D eigenvalue weighted by Gasteiger charge is -2.35. The topological polar surface area (TPSA) is 125 Å². The van der Waals surface area contributed by atoms with Crippen LogP contribution in [0.25, 0.3) is 5.78 Å². The lowest BCUT2D eigenvalue weighted by atomic mass is 10.0. The number of hydrogen-bond acceptors (Lipinski definition) is 7. The van der Waals surface area contributed by atoms with Crippen molar-refractivity contribution < 1.29 is 14.6 Å². The fourth-order valence-electron chi connectivity index (χ4n) is 3.82. The first-order chi connectivity index (χ1) is 14.5. The molecule has 3 N–H and O–H groups in total. The molecule has 1 aliphatic heterocycles. The number of likely N-dealkylation sites (tertiary alicyclic amines) is 1. The molecule has 158 valence electrons. The quantitative estimate of drug-likeness (QED) is 0.509. The third-order valence-electron chi connectivity index (χ3n) is 5.07. The molecule has 1 aromatic carbocycles. The molecule has 2 atom stereocenters. The van der Waals surface area contributed by atoms with Crippen molar-refractivity contribution in [2.75, 3.05) is 20.2 Å². The monoisotopic (exact) mass is 412 g/mol. The standard InChI is InChI=1S/C20H24N6O4/c1-30-17-4-2-3-13(5-17)6-18(28)23-14-7-16(27)11-25(9-14)10-15-8-19(29)26-20(24-15)21-12-22-26/h2-5,8,12,14,16,27H,6-7,9-11H2,1H3,(H,23,28)(H,21,22,24)/t14-,16+/m0/s1. The fraction of sp³-hybridized carbons (Fsp3) is 0.400. The van der Waals surface area contributed by atoms with Crippen molar-refractivity contribution in [3.05, 3.63) is 58.3 Å². The minimum absolute atomic E-state index is 0.114. The maximum atomic E-state index is 12.5. The van der Waals surface area contributed by atoms with Gasteiger partial charge in [0.2, 0.25) is 5.91 Å². The molecule has 2 aromatic heterocycles. The molecule has 0 saturated carbocycles. The van der Waals surface area contributed by atoms with Crippen molar-refractivity contribution in [2.24, 2.45) is 0 Å². The summed E-state index contributed by atoms with van der Waals surface area (Å²) in [5.41, 5.74) is 1.19. The number of carbonyl (C=O) groups is 1. The Balaban J connectivity index is 1.38. The molecule has 3 aromatic rings. The number of rotatable bonds is 6. The normalized spacial score (nSPS) is 19.7. The summed E-state index contributed by atoms with van der Waals surface area (Å²) in [5.74, 6) is 0.895. The second kappa shape index (κ2) is 8.64. The molecule has 0 aliphatic carbocycles. The third kappa shape index (κ3) is 4.66. The summed E-state index contributed by atoms with van der Waals surface area (Å²) in [6.07, 6.45) is 1.55. The first-order valence-electron chi connectivity index (χ1n) is 9.75. The molecule has 0 unspecified atom stereocenters. The molecular formula is C20H24N6O4. The molecule has 10 heteroatoms. The van der Waals surface area contributed by atoms with Crippen molar-refractivity contribution in [1.29, 1.82) is 0 Å². The van der Waals surface area contributed by atoms with Crippen molar-refractivity contribution in [3.8, 4) is 5.75 Å². The molecule has 1 aliphatic rings. The van der Waals surface area contributed by atoms with Crippen LogP contribution in [0.5, 0.6) is 5.75 Å². The highest BCUT2D eigenvalue weighted by molar-refractivity contribution is 5.79. The van der Waals surface area contributed by atoms with Gasteiger partial charge in [0.15, 0.2) is 0 Å². The van der Waals surface area contributed by atoms with Gasteiger partial charge in [0, 0.05) is 31.7 Å². The Bertz CT molecular complexity index is 1090. The summed E-state index contributed by atoms with van der Waals surface area (Å²) < 4.78 is 6.45. The van der Waals surface area contributed by atoms with Crippen molar-refractivity contribution >= 4 is 11.7 Å². The van der Waals surface area contributed by atoms with E-state index in [1.807, 2.05) is 29.2 Å². The number of nitrogens with zero attached hydrogens (tertiary/aromatic N) is 4. The number of aliphatic hydroxyl groups is 1. The lowest BCUT2D eigenvalue weighted by Crippen LogP contribution is -2.52. The van der Waals surface area contributed by atoms with Crippen LogP contribution in [-0.2, 0) is 17.8 Å². The van der Waals surface area contributed by atoms with Crippen LogP contribution in [0, 0.1) is 0 Å². The minimum atomic E-state index is -0.573. The number of ether oxygens (including phenoxy) is 1. The van der Waals surface area contributed by atoms with Gasteiger partial charge in [-0.25, -0.2) is 9.97 Å². The van der Waals surface area contributed by atoms with E-state index in [4.69, 9.17) is 4.74 Å². The highest BCUT2D eigenvalue weighted by Crippen LogP contribution is 2.15. The van der Waals surface area contributed by atoms with Gasteiger partial charge in [-0.2, -0.15) is 4.52 Å². The van der Waals surface area contributed by atoms with Gasteiger partial charge in [-0.3, -0.25) is 19.6 Å². The largest absolute Gasteiger partial charge is 0.497 e. The van der Waals surface area contributed by atoms with E-state index in [1.54, 1.807) is 7.11 Å². The Morgan fingerprint density at radius 2 is 2.23 bits per heavy atom. The van der Waals surface area contributed by atoms with E-state index in [-0.39, 0.29) is 23.9 Å². The minimum Gasteiger partial charge on any atom is -0.497 e. The van der Waals surface area contributed by atoms with E-state index >= 15 is 0 Å². The molecular weight excluding hydrogens is 388 g/mol. The van der Waals surface area contributed by atoms with Gasteiger partial charge in [-0.1, -0.05) is 12.1 Å². The van der Waals surface area contributed by atoms with Gasteiger partial charge in [0.1, 0.15) is 12.1 Å². The zero-order valence-electron chi connectivity index (χ0n) is 16.6. The molecule has 30 heavy (non-hydrogen) atoms. The highest BCUT2D eigenvalue weighted by atomic mass is 16.5. The molecule has 1 amide bonds. The van der Waals surface area contributed by atoms with Crippen molar-refractivity contribution in [1.82, 2.24) is 29.8 Å². The number of β-amino-alcohol motifs (C(OH)–C–C–N with tert-alkyl or cyclic N) is 1. The van der Waals surface area contributed by atoms with E-state index in [1.165, 1.54) is 16.9 Å². The van der Waals surface area contributed by atoms with Crippen LogP contribution < -0.4 is 15.6 Å². The van der Waals surface area contributed by atoms with Gasteiger partial charge in [0.05, 0.1) is 25.3 Å². The number of amides is 1. The Morgan fingerprint density at radius 1 is 1.37 bits per heavy atom. The maximum absolute atomic E-state index is 12.5. The van der Waals surface area contributed by atoms with Crippen molar-refractivity contribution in [3.63, 3.8) is 0 Å². The number of hydrogen-bond donors (Lipinski definition) is 3. The molecule has 1 saturated heterocycles. The Kier molecular flexibility index (Phi) is 5.77. The average Bonchev–Trinajstić information content (AvgIpc) is 3.16. The summed E-state index contributed by atoms with van der Waals surface area (Å²) in [7, 11) is 1.59. The van der Waals surface area contributed by atoms with E-state index in [2.05, 4.69) is 20.4 Å². The van der Waals surface area contributed by atoms with E-state index in [0.717, 1.165) is 5.56 Å². The van der Waals surface area contributed by atoms with Crippen LogP contribution in [0.1, 0.15) is 17.7 Å². The van der Waals surface area contributed by atoms with Gasteiger partial charge in [-0.15, -0.1) is 0 Å². The van der Waals surface area contributed by atoms with Crippen LogP contribution in [0.2, 0.25) is 0 Å². The number of aliphatic hydroxyl groups excluding tert-OH is 1. The predicted octanol–water partition coefficient (Wildman–Crippen LogP) is -0.280. The van der Waals surface area contributed by atoms with Crippen LogP contribution >= 0.6 is 0 Å². The van der Waals surface area contributed by atoms with Gasteiger partial charge in [-0.05, 0) is 24.1 Å². The summed E-state index contributed by atoms with van der Waals surface area (Å²) in [6.45, 7) is 1.39. The van der Waals surface area contributed by atoms with E-state index in [9.17, 15) is 14.7 Å². The molecule has 0 bridgehead atoms. The fourth-order valence-corrected chi connectivity index (χ4v) is 3.82. The summed E-state index contributed by atoms with van der Waals surface area (Å²) >= 11 is 0. The Labute approximate surface area is 172 Å². The zero-order chi connectivity index (χ0) is 21.1. The van der Waals surface area contributed by atoms with Crippen LogP contribution in [0.3, 0.4) is 0 Å². The van der Waals surface area contributed by atoms with Gasteiger partial charge in [0.25, 0.3) is 11.3 Å². The number of aromatic nitrogens is 4. The Hall–Kier alpha value is -3.24. The number of carbonyl (C=O) groups excluding carboxylic acids is 1. The number of nitrogens with one attached hydrogen (secondary N) is 2. The van der Waals surface area contributed by atoms with Gasteiger partial charge >= 0.3 is 0 Å². The van der Waals surface area contributed by atoms with E-state index in [0.29, 0.717) is 43.3 Å². The molecule has 0 spiro atoms. The second-order valence-electron chi connectivity index (χ2n) is 7.48. The molecule has 4 rings (SSSR count). The number of benzene rings is 1. The SMILES string of the molecule is COc1cccc(CC(=O)N[C@H]2C[C@@H](O)CN(Cc3cc(=O)n4[nH]cnc4n3)C2)c1. The number of fused-ring (bicyclic) bond motifs is 1. The summed E-state index contributed by atoms with van der Waals surface area (Å²) in [6, 6.07) is 8.64. The number of methoxy groups -OCH3 is 1. The number of aromatic amines is 1. The summed E-state index contributed by atoms with van der Waals surface area (Å²) in [5, 5.41) is 16.0. The molecule has 10 nitrogen and oxygen atoms in total. The number of piperidine rings is 1. The van der Waals surface area contributed by atoms with Crippen LogP contribution in [-0.4, -0.2) is 67.8 Å². The first-order valence-corrected chi connectivity index (χ1v) is 9.75.